The third-order valence-electron chi connectivity index (χ3n) is 6.10. The Morgan fingerprint density at radius 2 is 1.91 bits per heavy atom. The Morgan fingerprint density at radius 3 is 2.58 bits per heavy atom. The Kier molecular flexibility index (Phi) is 6.78. The van der Waals surface area contributed by atoms with E-state index in [0.717, 1.165) is 31.9 Å². The molecule has 0 radical (unpaired) electrons. The van der Waals surface area contributed by atoms with Crippen LogP contribution in [0.3, 0.4) is 0 Å². The van der Waals surface area contributed by atoms with Crippen LogP contribution in [-0.2, 0) is 6.42 Å². The zero-order valence-electron chi connectivity index (χ0n) is 19.8. The quantitative estimate of drug-likeness (QED) is 0.592. The Labute approximate surface area is 193 Å². The van der Waals surface area contributed by atoms with Crippen LogP contribution in [0.2, 0.25) is 0 Å². The molecule has 0 unspecified atom stereocenters. The van der Waals surface area contributed by atoms with E-state index in [1.807, 2.05) is 18.7 Å². The number of fused-ring (bicyclic) bond motifs is 1. The number of aryl methyl sites for hydroxylation is 2. The van der Waals surface area contributed by atoms with Gasteiger partial charge in [-0.15, -0.1) is 5.10 Å². The van der Waals surface area contributed by atoms with Crippen molar-refractivity contribution in [2.45, 2.75) is 40.5 Å². The topological polar surface area (TPSA) is 95.8 Å². The Hall–Kier alpha value is -3.20. The van der Waals surface area contributed by atoms with Crippen molar-refractivity contribution in [3.8, 4) is 17.1 Å². The van der Waals surface area contributed by atoms with Crippen LogP contribution in [-0.4, -0.2) is 74.6 Å². The summed E-state index contributed by atoms with van der Waals surface area (Å²) in [4.78, 5) is 37.8. The van der Waals surface area contributed by atoms with E-state index in [2.05, 4.69) is 28.7 Å². The van der Waals surface area contributed by atoms with Crippen LogP contribution >= 0.6 is 0 Å². The zero-order chi connectivity index (χ0) is 23.5. The van der Waals surface area contributed by atoms with Gasteiger partial charge in [0.1, 0.15) is 11.6 Å². The number of benzene rings is 1. The number of carbonyl (C=O) groups is 1. The molecule has 1 saturated heterocycles. The number of carbonyl (C=O) groups excluding carboxylic acids is 1. The highest BCUT2D eigenvalue weighted by Gasteiger charge is 2.23. The fourth-order valence-corrected chi connectivity index (χ4v) is 4.32. The minimum absolute atomic E-state index is 0.0244. The number of likely N-dealkylation sites (N-methyl/N-ethyl adjacent to an activating group) is 1. The summed E-state index contributed by atoms with van der Waals surface area (Å²) in [6.07, 6.45) is 1.60. The Morgan fingerprint density at radius 1 is 1.15 bits per heavy atom. The maximum absolute atomic E-state index is 13.2. The lowest BCUT2D eigenvalue weighted by molar-refractivity contribution is 0.0643. The second-order valence-electron chi connectivity index (χ2n) is 8.30. The molecule has 1 aliphatic heterocycles. The molecule has 3 aromatic rings. The zero-order valence-corrected chi connectivity index (χ0v) is 19.8. The summed E-state index contributed by atoms with van der Waals surface area (Å²) in [5.74, 6) is 1.65. The van der Waals surface area contributed by atoms with E-state index < -0.39 is 0 Å². The summed E-state index contributed by atoms with van der Waals surface area (Å²) in [5, 5.41) is 4.71. The van der Waals surface area contributed by atoms with E-state index in [1.165, 1.54) is 0 Å². The van der Waals surface area contributed by atoms with E-state index in [0.29, 0.717) is 60.0 Å². The number of ether oxygens (including phenoxy) is 1. The molecule has 33 heavy (non-hydrogen) atoms. The molecular formula is C24H32N6O3. The predicted octanol–water partition coefficient (Wildman–Crippen LogP) is 2.52. The van der Waals surface area contributed by atoms with Gasteiger partial charge in [-0.1, -0.05) is 13.8 Å². The van der Waals surface area contributed by atoms with Gasteiger partial charge in [0.15, 0.2) is 11.3 Å². The first-order chi connectivity index (χ1) is 16.0. The first kappa shape index (κ1) is 23.0. The molecule has 2 aromatic heterocycles. The van der Waals surface area contributed by atoms with Crippen LogP contribution in [0.4, 0.5) is 0 Å². The fourth-order valence-electron chi connectivity index (χ4n) is 4.32. The number of aromatic amines is 1. The van der Waals surface area contributed by atoms with Crippen molar-refractivity contribution in [3.63, 3.8) is 0 Å². The summed E-state index contributed by atoms with van der Waals surface area (Å²) in [6, 6.07) is 5.33. The summed E-state index contributed by atoms with van der Waals surface area (Å²) in [6.45, 7) is 12.5. The van der Waals surface area contributed by atoms with Gasteiger partial charge in [0.2, 0.25) is 0 Å². The number of H-pyrrole nitrogens is 1. The molecule has 0 bridgehead atoms. The lowest BCUT2D eigenvalue weighted by atomic mass is 10.1. The van der Waals surface area contributed by atoms with Gasteiger partial charge >= 0.3 is 0 Å². The second-order valence-corrected chi connectivity index (χ2v) is 8.30. The third kappa shape index (κ3) is 4.50. The minimum atomic E-state index is -0.262. The van der Waals surface area contributed by atoms with E-state index in [4.69, 9.17) is 9.84 Å². The molecule has 3 heterocycles. The summed E-state index contributed by atoms with van der Waals surface area (Å²) in [5.41, 5.74) is 1.97. The maximum atomic E-state index is 13.2. The normalized spacial score (nSPS) is 14.7. The molecule has 0 saturated carbocycles. The SMILES string of the molecule is CCCc1nc(C)c2c(=O)[nH]c(-c3cc(C(=O)N4CCN(CC)CC4)ccc3OCC)nn12. The largest absolute Gasteiger partial charge is 0.493 e. The molecular weight excluding hydrogens is 420 g/mol. The molecule has 0 atom stereocenters. The van der Waals surface area contributed by atoms with Crippen molar-refractivity contribution in [2.24, 2.45) is 0 Å². The van der Waals surface area contributed by atoms with Gasteiger partial charge in [-0.05, 0) is 45.0 Å². The third-order valence-corrected chi connectivity index (χ3v) is 6.10. The predicted molar refractivity (Wildman–Crippen MR) is 127 cm³/mol. The number of imidazole rings is 1. The average molecular weight is 453 g/mol. The number of piperazine rings is 1. The molecule has 176 valence electrons. The van der Waals surface area contributed by atoms with E-state index in [1.54, 1.807) is 22.7 Å². The van der Waals surface area contributed by atoms with E-state index >= 15 is 0 Å². The van der Waals surface area contributed by atoms with Crippen molar-refractivity contribution in [2.75, 3.05) is 39.3 Å². The van der Waals surface area contributed by atoms with Gasteiger partial charge in [-0.2, -0.15) is 0 Å². The maximum Gasteiger partial charge on any atom is 0.277 e. The van der Waals surface area contributed by atoms with Gasteiger partial charge in [0, 0.05) is 38.2 Å². The minimum Gasteiger partial charge on any atom is -0.493 e. The molecule has 0 spiro atoms. The van der Waals surface area contributed by atoms with Gasteiger partial charge in [-0.3, -0.25) is 9.59 Å². The van der Waals surface area contributed by atoms with Gasteiger partial charge in [0.25, 0.3) is 11.5 Å². The number of aromatic nitrogens is 4. The molecule has 1 aliphatic rings. The highest BCUT2D eigenvalue weighted by molar-refractivity contribution is 5.96. The Balaban J connectivity index is 1.76. The molecule has 1 fully saturated rings. The lowest BCUT2D eigenvalue weighted by Crippen LogP contribution is -2.48. The second kappa shape index (κ2) is 9.74. The highest BCUT2D eigenvalue weighted by atomic mass is 16.5. The van der Waals surface area contributed by atoms with Crippen LogP contribution in [0.25, 0.3) is 16.9 Å². The summed E-state index contributed by atoms with van der Waals surface area (Å²) >= 11 is 0. The van der Waals surface area contributed by atoms with Gasteiger partial charge < -0.3 is 19.5 Å². The molecule has 1 amide bonds. The van der Waals surface area contributed by atoms with Crippen LogP contribution in [0.1, 0.15) is 49.1 Å². The van der Waals surface area contributed by atoms with E-state index in [9.17, 15) is 9.59 Å². The standard InChI is InChI=1S/C24H32N6O3/c1-5-8-20-25-16(4)21-23(31)26-22(27-30(20)21)18-15-17(9-10-19(18)33-7-3)24(32)29-13-11-28(6-2)12-14-29/h9-10,15H,5-8,11-14H2,1-4H3,(H,26,27,31). The Bertz CT molecular complexity index is 1210. The van der Waals surface area contributed by atoms with Crippen molar-refractivity contribution in [1.29, 1.82) is 0 Å². The van der Waals surface area contributed by atoms with E-state index in [-0.39, 0.29) is 11.5 Å². The fraction of sp³-hybridized carbons (Fsp3) is 0.500. The van der Waals surface area contributed by atoms with Crippen molar-refractivity contribution < 1.29 is 9.53 Å². The number of nitrogens with one attached hydrogen (secondary N) is 1. The molecule has 0 aliphatic carbocycles. The summed E-state index contributed by atoms with van der Waals surface area (Å²) in [7, 11) is 0. The first-order valence-corrected chi connectivity index (χ1v) is 11.7. The summed E-state index contributed by atoms with van der Waals surface area (Å²) < 4.78 is 7.44. The number of rotatable bonds is 7. The molecule has 9 heteroatoms. The van der Waals surface area contributed by atoms with Crippen LogP contribution in [0, 0.1) is 6.92 Å². The monoisotopic (exact) mass is 452 g/mol. The van der Waals surface area contributed by atoms with Crippen LogP contribution in [0.5, 0.6) is 5.75 Å². The van der Waals surface area contributed by atoms with Gasteiger partial charge in [-0.25, -0.2) is 9.50 Å². The van der Waals surface area contributed by atoms with Crippen molar-refractivity contribution >= 4 is 11.4 Å². The molecule has 4 rings (SSSR count). The average Bonchev–Trinajstić information content (AvgIpc) is 3.15. The number of hydrogen-bond acceptors (Lipinski definition) is 6. The number of amides is 1. The van der Waals surface area contributed by atoms with Crippen LogP contribution < -0.4 is 10.3 Å². The van der Waals surface area contributed by atoms with Crippen molar-refractivity contribution in [3.05, 3.63) is 45.6 Å². The number of hydrogen-bond donors (Lipinski definition) is 1. The number of nitrogens with zero attached hydrogens (tertiary/aromatic N) is 5. The van der Waals surface area contributed by atoms with Crippen LogP contribution in [0.15, 0.2) is 23.0 Å². The highest BCUT2D eigenvalue weighted by Crippen LogP contribution is 2.29. The molecule has 1 aromatic carbocycles. The van der Waals surface area contributed by atoms with Crippen molar-refractivity contribution in [1.82, 2.24) is 29.4 Å². The lowest BCUT2D eigenvalue weighted by Gasteiger charge is -2.34. The van der Waals surface area contributed by atoms with Gasteiger partial charge in [0.05, 0.1) is 17.9 Å². The molecule has 9 nitrogen and oxygen atoms in total. The first-order valence-electron chi connectivity index (χ1n) is 11.7. The molecule has 1 N–H and O–H groups in total. The smallest absolute Gasteiger partial charge is 0.277 e.